The number of aromatic nitrogens is 2. The second-order valence-corrected chi connectivity index (χ2v) is 5.61. The van der Waals surface area contributed by atoms with Gasteiger partial charge in [0, 0.05) is 11.9 Å². The van der Waals surface area contributed by atoms with Gasteiger partial charge in [-0.25, -0.2) is 9.97 Å². The van der Waals surface area contributed by atoms with E-state index in [0.717, 1.165) is 27.8 Å². The zero-order valence-corrected chi connectivity index (χ0v) is 13.5. The summed E-state index contributed by atoms with van der Waals surface area (Å²) in [6.45, 7) is 2.60. The monoisotopic (exact) mass is 347 g/mol. The highest BCUT2D eigenvalue weighted by atomic mass is 19.4. The van der Waals surface area contributed by atoms with Crippen LogP contribution < -0.4 is 10.1 Å². The first-order valence-corrected chi connectivity index (χ1v) is 7.71. The SMILES string of the molecule is Cc1ccc2ncnc(NCCc3ccc(OC(F)(F)F)cc3)c2c1. The molecule has 1 heterocycles. The Kier molecular flexibility index (Phi) is 4.74. The topological polar surface area (TPSA) is 47.0 Å². The molecule has 0 amide bonds. The molecule has 0 bridgehead atoms. The first kappa shape index (κ1) is 17.0. The second kappa shape index (κ2) is 6.96. The normalized spacial score (nSPS) is 11.5. The first-order valence-electron chi connectivity index (χ1n) is 7.71. The Hall–Kier alpha value is -2.83. The lowest BCUT2D eigenvalue weighted by Gasteiger charge is -2.10. The zero-order chi connectivity index (χ0) is 17.9. The first-order chi connectivity index (χ1) is 11.9. The van der Waals surface area contributed by atoms with Crippen molar-refractivity contribution in [2.75, 3.05) is 11.9 Å². The second-order valence-electron chi connectivity index (χ2n) is 5.61. The molecule has 130 valence electrons. The Labute approximate surface area is 142 Å². The lowest BCUT2D eigenvalue weighted by atomic mass is 10.1. The largest absolute Gasteiger partial charge is 0.573 e. The molecule has 2 aromatic carbocycles. The zero-order valence-electron chi connectivity index (χ0n) is 13.5. The van der Waals surface area contributed by atoms with Gasteiger partial charge in [-0.15, -0.1) is 13.2 Å². The molecule has 0 unspecified atom stereocenters. The summed E-state index contributed by atoms with van der Waals surface area (Å²) in [7, 11) is 0. The van der Waals surface area contributed by atoms with Crippen molar-refractivity contribution in [2.45, 2.75) is 19.7 Å². The van der Waals surface area contributed by atoms with Gasteiger partial charge in [-0.05, 0) is 43.2 Å². The van der Waals surface area contributed by atoms with E-state index in [2.05, 4.69) is 20.0 Å². The standard InChI is InChI=1S/C18H16F3N3O/c1-12-2-7-16-15(10-12)17(24-11-23-16)22-9-8-13-3-5-14(6-4-13)25-18(19,20)21/h2-7,10-11H,8-9H2,1H3,(H,22,23,24). The summed E-state index contributed by atoms with van der Waals surface area (Å²) in [4.78, 5) is 8.50. The van der Waals surface area contributed by atoms with Gasteiger partial charge in [-0.2, -0.15) is 0 Å². The Balaban J connectivity index is 1.62. The summed E-state index contributed by atoms with van der Waals surface area (Å²) in [6.07, 6.45) is -2.53. The van der Waals surface area contributed by atoms with E-state index in [9.17, 15) is 13.2 Å². The highest BCUT2D eigenvalue weighted by Gasteiger charge is 2.30. The van der Waals surface area contributed by atoms with Gasteiger partial charge in [0.05, 0.1) is 5.52 Å². The van der Waals surface area contributed by atoms with Gasteiger partial charge in [0.25, 0.3) is 0 Å². The fraction of sp³-hybridized carbons (Fsp3) is 0.222. The fourth-order valence-electron chi connectivity index (χ4n) is 2.49. The molecule has 0 aliphatic heterocycles. The molecule has 0 aliphatic rings. The van der Waals surface area contributed by atoms with Crippen molar-refractivity contribution >= 4 is 16.7 Å². The number of nitrogens with one attached hydrogen (secondary N) is 1. The molecule has 4 nitrogen and oxygen atoms in total. The number of hydrogen-bond donors (Lipinski definition) is 1. The van der Waals surface area contributed by atoms with E-state index in [1.807, 2.05) is 25.1 Å². The van der Waals surface area contributed by atoms with E-state index in [-0.39, 0.29) is 5.75 Å². The van der Waals surface area contributed by atoms with Gasteiger partial charge in [0.15, 0.2) is 0 Å². The number of benzene rings is 2. The minimum absolute atomic E-state index is 0.221. The third kappa shape index (κ3) is 4.59. The third-order valence-corrected chi connectivity index (χ3v) is 3.65. The summed E-state index contributed by atoms with van der Waals surface area (Å²) >= 11 is 0. The summed E-state index contributed by atoms with van der Waals surface area (Å²) in [6, 6.07) is 11.8. The maximum atomic E-state index is 12.1. The summed E-state index contributed by atoms with van der Waals surface area (Å²) < 4.78 is 40.3. The van der Waals surface area contributed by atoms with Gasteiger partial charge >= 0.3 is 6.36 Å². The molecule has 0 saturated heterocycles. The van der Waals surface area contributed by atoms with Crippen molar-refractivity contribution in [3.8, 4) is 5.75 Å². The van der Waals surface area contributed by atoms with Crippen molar-refractivity contribution < 1.29 is 17.9 Å². The third-order valence-electron chi connectivity index (χ3n) is 3.65. The summed E-state index contributed by atoms with van der Waals surface area (Å²) in [5, 5.41) is 4.19. The molecule has 0 saturated carbocycles. The quantitative estimate of drug-likeness (QED) is 0.739. The van der Waals surface area contributed by atoms with Gasteiger partial charge < -0.3 is 10.1 Å². The number of nitrogens with zero attached hydrogens (tertiary/aromatic N) is 2. The van der Waals surface area contributed by atoms with Crippen molar-refractivity contribution in [1.82, 2.24) is 9.97 Å². The minimum atomic E-state index is -4.67. The highest BCUT2D eigenvalue weighted by Crippen LogP contribution is 2.23. The predicted molar refractivity (Wildman–Crippen MR) is 89.6 cm³/mol. The molecule has 7 heteroatoms. The van der Waals surface area contributed by atoms with Crippen LogP contribution >= 0.6 is 0 Å². The van der Waals surface area contributed by atoms with E-state index in [1.54, 1.807) is 12.1 Å². The Morgan fingerprint density at radius 3 is 2.52 bits per heavy atom. The molecule has 1 N–H and O–H groups in total. The van der Waals surface area contributed by atoms with E-state index < -0.39 is 6.36 Å². The summed E-state index contributed by atoms with van der Waals surface area (Å²) in [5.74, 6) is 0.521. The fourth-order valence-corrected chi connectivity index (χ4v) is 2.49. The number of ether oxygens (including phenoxy) is 1. The number of fused-ring (bicyclic) bond motifs is 1. The molecular formula is C18H16F3N3O. The molecule has 0 aliphatic carbocycles. The van der Waals surface area contributed by atoms with Crippen LogP contribution in [0.2, 0.25) is 0 Å². The lowest BCUT2D eigenvalue weighted by molar-refractivity contribution is -0.274. The Morgan fingerprint density at radius 2 is 1.80 bits per heavy atom. The van der Waals surface area contributed by atoms with Crippen LogP contribution in [-0.4, -0.2) is 22.9 Å². The highest BCUT2D eigenvalue weighted by molar-refractivity contribution is 5.89. The molecule has 25 heavy (non-hydrogen) atoms. The van der Waals surface area contributed by atoms with Crippen LogP contribution in [-0.2, 0) is 6.42 Å². The van der Waals surface area contributed by atoms with E-state index in [0.29, 0.717) is 13.0 Å². The van der Waals surface area contributed by atoms with Crippen LogP contribution in [0.3, 0.4) is 0 Å². The van der Waals surface area contributed by atoms with Crippen LogP contribution in [0.15, 0.2) is 48.8 Å². The maximum Gasteiger partial charge on any atom is 0.573 e. The van der Waals surface area contributed by atoms with Crippen molar-refractivity contribution in [3.05, 3.63) is 59.9 Å². The lowest BCUT2D eigenvalue weighted by Crippen LogP contribution is -2.17. The Bertz CT molecular complexity index is 864. The number of alkyl halides is 3. The van der Waals surface area contributed by atoms with Crippen molar-refractivity contribution in [3.63, 3.8) is 0 Å². The number of aryl methyl sites for hydroxylation is 1. The molecule has 3 aromatic rings. The molecule has 0 spiro atoms. The van der Waals surface area contributed by atoms with Crippen molar-refractivity contribution in [1.29, 1.82) is 0 Å². The van der Waals surface area contributed by atoms with Crippen molar-refractivity contribution in [2.24, 2.45) is 0 Å². The molecule has 3 rings (SSSR count). The van der Waals surface area contributed by atoms with Gasteiger partial charge in [0.1, 0.15) is 17.9 Å². The number of hydrogen-bond acceptors (Lipinski definition) is 4. The smallest absolute Gasteiger partial charge is 0.406 e. The predicted octanol–water partition coefficient (Wildman–Crippen LogP) is 4.49. The average molecular weight is 347 g/mol. The molecular weight excluding hydrogens is 331 g/mol. The van der Waals surface area contributed by atoms with Crippen LogP contribution in [0.25, 0.3) is 10.9 Å². The summed E-state index contributed by atoms with van der Waals surface area (Å²) in [5.41, 5.74) is 2.87. The Morgan fingerprint density at radius 1 is 1.04 bits per heavy atom. The van der Waals surface area contributed by atoms with Crippen LogP contribution in [0.1, 0.15) is 11.1 Å². The maximum absolute atomic E-state index is 12.1. The van der Waals surface area contributed by atoms with Crippen LogP contribution in [0.4, 0.5) is 19.0 Å². The number of anilines is 1. The number of rotatable bonds is 5. The van der Waals surface area contributed by atoms with Gasteiger partial charge in [-0.3, -0.25) is 0 Å². The van der Waals surface area contributed by atoms with Crippen LogP contribution in [0, 0.1) is 6.92 Å². The van der Waals surface area contributed by atoms with E-state index in [4.69, 9.17) is 0 Å². The molecule has 0 radical (unpaired) electrons. The number of halogens is 3. The molecule has 0 atom stereocenters. The average Bonchev–Trinajstić information content (AvgIpc) is 2.55. The van der Waals surface area contributed by atoms with Gasteiger partial charge in [0.2, 0.25) is 0 Å². The molecule has 1 aromatic heterocycles. The minimum Gasteiger partial charge on any atom is -0.406 e. The van der Waals surface area contributed by atoms with E-state index in [1.165, 1.54) is 18.5 Å². The van der Waals surface area contributed by atoms with E-state index >= 15 is 0 Å². The van der Waals surface area contributed by atoms with Crippen LogP contribution in [0.5, 0.6) is 5.75 Å². The van der Waals surface area contributed by atoms with Gasteiger partial charge in [-0.1, -0.05) is 23.8 Å². The molecule has 0 fully saturated rings.